The fourth-order valence-electron chi connectivity index (χ4n) is 2.27. The lowest BCUT2D eigenvalue weighted by atomic mass is 10.2. The van der Waals surface area contributed by atoms with E-state index >= 15 is 0 Å². The van der Waals surface area contributed by atoms with Gasteiger partial charge in [0.05, 0.1) is 6.04 Å². The Kier molecular flexibility index (Phi) is 4.20. The summed E-state index contributed by atoms with van der Waals surface area (Å²) in [5.41, 5.74) is 1.81. The van der Waals surface area contributed by atoms with Gasteiger partial charge in [-0.25, -0.2) is 0 Å². The van der Waals surface area contributed by atoms with Gasteiger partial charge in [0.15, 0.2) is 0 Å². The molecule has 0 radical (unpaired) electrons. The lowest BCUT2D eigenvalue weighted by Gasteiger charge is -2.13. The van der Waals surface area contributed by atoms with E-state index in [4.69, 9.17) is 27.6 Å². The van der Waals surface area contributed by atoms with Gasteiger partial charge in [0.25, 0.3) is 0 Å². The SMILES string of the molecule is CC(NCc1c(Cl)cccc1Cl)c1cc2ccccc2o1. The molecule has 0 saturated carbocycles. The van der Waals surface area contributed by atoms with Crippen LogP contribution in [-0.4, -0.2) is 0 Å². The van der Waals surface area contributed by atoms with Gasteiger partial charge in [-0.15, -0.1) is 0 Å². The van der Waals surface area contributed by atoms with Crippen molar-refractivity contribution in [2.45, 2.75) is 19.5 Å². The summed E-state index contributed by atoms with van der Waals surface area (Å²) >= 11 is 12.4. The van der Waals surface area contributed by atoms with E-state index in [-0.39, 0.29) is 6.04 Å². The maximum absolute atomic E-state index is 6.18. The highest BCUT2D eigenvalue weighted by Crippen LogP contribution is 2.27. The van der Waals surface area contributed by atoms with Gasteiger partial charge in [-0.2, -0.15) is 0 Å². The van der Waals surface area contributed by atoms with Crippen LogP contribution >= 0.6 is 23.2 Å². The third-order valence-electron chi connectivity index (χ3n) is 3.52. The number of nitrogens with one attached hydrogen (secondary N) is 1. The Morgan fingerprint density at radius 3 is 2.48 bits per heavy atom. The van der Waals surface area contributed by atoms with Crippen LogP contribution in [-0.2, 0) is 6.54 Å². The van der Waals surface area contributed by atoms with E-state index in [0.717, 1.165) is 22.3 Å². The number of hydrogen-bond acceptors (Lipinski definition) is 2. The zero-order valence-corrected chi connectivity index (χ0v) is 13.1. The Balaban J connectivity index is 1.75. The molecule has 0 amide bonds. The molecule has 0 aliphatic carbocycles. The summed E-state index contributed by atoms with van der Waals surface area (Å²) in [6.45, 7) is 2.65. The van der Waals surface area contributed by atoms with Crippen molar-refractivity contribution in [1.82, 2.24) is 5.32 Å². The zero-order chi connectivity index (χ0) is 14.8. The van der Waals surface area contributed by atoms with Gasteiger partial charge < -0.3 is 9.73 Å². The van der Waals surface area contributed by atoms with E-state index in [1.165, 1.54) is 0 Å². The molecule has 0 saturated heterocycles. The molecule has 1 aromatic heterocycles. The Labute approximate surface area is 133 Å². The van der Waals surface area contributed by atoms with Crippen molar-refractivity contribution in [1.29, 1.82) is 0 Å². The van der Waals surface area contributed by atoms with E-state index in [0.29, 0.717) is 16.6 Å². The molecule has 21 heavy (non-hydrogen) atoms. The second-order valence-corrected chi connectivity index (χ2v) is 5.80. The Hall–Kier alpha value is -1.48. The highest BCUT2D eigenvalue weighted by molar-refractivity contribution is 6.35. The number of rotatable bonds is 4. The largest absolute Gasteiger partial charge is 0.459 e. The Morgan fingerprint density at radius 1 is 1.05 bits per heavy atom. The van der Waals surface area contributed by atoms with Crippen LogP contribution in [0.5, 0.6) is 0 Å². The van der Waals surface area contributed by atoms with Crippen LogP contribution in [0.1, 0.15) is 24.3 Å². The second-order valence-electron chi connectivity index (χ2n) is 4.99. The molecule has 1 heterocycles. The normalized spacial score (nSPS) is 12.7. The average Bonchev–Trinajstić information content (AvgIpc) is 2.90. The first-order chi connectivity index (χ1) is 10.1. The molecule has 2 nitrogen and oxygen atoms in total. The van der Waals surface area contributed by atoms with Crippen molar-refractivity contribution in [3.05, 3.63) is 69.9 Å². The van der Waals surface area contributed by atoms with Gasteiger partial charge in [-0.3, -0.25) is 0 Å². The standard InChI is InChI=1S/C17H15Cl2NO/c1-11(17-9-12-5-2-3-8-16(12)21-17)20-10-13-14(18)6-4-7-15(13)19/h2-9,11,20H,10H2,1H3. The highest BCUT2D eigenvalue weighted by atomic mass is 35.5. The van der Waals surface area contributed by atoms with Crippen molar-refractivity contribution < 1.29 is 4.42 Å². The molecular weight excluding hydrogens is 305 g/mol. The lowest BCUT2D eigenvalue weighted by molar-refractivity contribution is 0.451. The lowest BCUT2D eigenvalue weighted by Crippen LogP contribution is -2.18. The van der Waals surface area contributed by atoms with Gasteiger partial charge in [-0.1, -0.05) is 47.5 Å². The molecule has 0 aliphatic rings. The molecule has 0 aliphatic heterocycles. The first-order valence-electron chi connectivity index (χ1n) is 6.80. The van der Waals surface area contributed by atoms with Crippen molar-refractivity contribution in [3.63, 3.8) is 0 Å². The molecule has 0 fully saturated rings. The summed E-state index contributed by atoms with van der Waals surface area (Å²) in [7, 11) is 0. The minimum atomic E-state index is 0.0738. The number of fused-ring (bicyclic) bond motifs is 1. The van der Waals surface area contributed by atoms with Crippen molar-refractivity contribution in [3.8, 4) is 0 Å². The summed E-state index contributed by atoms with van der Waals surface area (Å²) in [5, 5.41) is 5.85. The number of halogens is 2. The molecular formula is C17H15Cl2NO. The highest BCUT2D eigenvalue weighted by Gasteiger charge is 2.12. The molecule has 2 aromatic carbocycles. The van der Waals surface area contributed by atoms with E-state index in [1.54, 1.807) is 0 Å². The summed E-state index contributed by atoms with van der Waals surface area (Å²) in [6, 6.07) is 15.6. The molecule has 0 bridgehead atoms. The van der Waals surface area contributed by atoms with Gasteiger partial charge in [-0.05, 0) is 31.2 Å². The van der Waals surface area contributed by atoms with Gasteiger partial charge in [0.2, 0.25) is 0 Å². The van der Waals surface area contributed by atoms with Crippen molar-refractivity contribution >= 4 is 34.2 Å². The average molecular weight is 320 g/mol. The first kappa shape index (κ1) is 14.5. The number of hydrogen-bond donors (Lipinski definition) is 1. The minimum Gasteiger partial charge on any atom is -0.459 e. The molecule has 3 rings (SSSR count). The van der Waals surface area contributed by atoms with Gasteiger partial charge >= 0.3 is 0 Å². The molecule has 1 atom stereocenters. The minimum absolute atomic E-state index is 0.0738. The molecule has 4 heteroatoms. The quantitative estimate of drug-likeness (QED) is 0.678. The van der Waals surface area contributed by atoms with Crippen LogP contribution in [0.4, 0.5) is 0 Å². The second kappa shape index (κ2) is 6.10. The van der Waals surface area contributed by atoms with Crippen LogP contribution in [0.25, 0.3) is 11.0 Å². The number of para-hydroxylation sites is 1. The monoisotopic (exact) mass is 319 g/mol. The number of furan rings is 1. The summed E-state index contributed by atoms with van der Waals surface area (Å²) in [6.07, 6.45) is 0. The first-order valence-corrected chi connectivity index (χ1v) is 7.55. The molecule has 108 valence electrons. The van der Waals surface area contributed by atoms with Crippen LogP contribution < -0.4 is 5.32 Å². The van der Waals surface area contributed by atoms with E-state index in [2.05, 4.69) is 18.3 Å². The van der Waals surface area contributed by atoms with Gasteiger partial charge in [0.1, 0.15) is 11.3 Å². The smallest absolute Gasteiger partial charge is 0.134 e. The fourth-order valence-corrected chi connectivity index (χ4v) is 2.80. The summed E-state index contributed by atoms with van der Waals surface area (Å²) in [4.78, 5) is 0. The maximum atomic E-state index is 6.18. The predicted molar refractivity (Wildman–Crippen MR) is 87.9 cm³/mol. The Bertz CT molecular complexity index is 713. The maximum Gasteiger partial charge on any atom is 0.134 e. The molecule has 3 aromatic rings. The Morgan fingerprint density at radius 2 is 1.76 bits per heavy atom. The third kappa shape index (κ3) is 3.08. The van der Waals surface area contributed by atoms with E-state index in [9.17, 15) is 0 Å². The number of benzene rings is 2. The topological polar surface area (TPSA) is 25.2 Å². The molecule has 1 unspecified atom stereocenters. The van der Waals surface area contributed by atoms with Crippen molar-refractivity contribution in [2.24, 2.45) is 0 Å². The van der Waals surface area contributed by atoms with E-state index < -0.39 is 0 Å². The van der Waals surface area contributed by atoms with Crippen molar-refractivity contribution in [2.75, 3.05) is 0 Å². The zero-order valence-electron chi connectivity index (χ0n) is 11.6. The van der Waals surface area contributed by atoms with Crippen LogP contribution in [0, 0.1) is 0 Å². The fraction of sp³-hybridized carbons (Fsp3) is 0.176. The van der Waals surface area contributed by atoms with Crippen LogP contribution in [0.15, 0.2) is 52.9 Å². The molecule has 0 spiro atoms. The molecule has 1 N–H and O–H groups in total. The summed E-state index contributed by atoms with van der Waals surface area (Å²) in [5.74, 6) is 0.902. The summed E-state index contributed by atoms with van der Waals surface area (Å²) < 4.78 is 5.85. The van der Waals surface area contributed by atoms with Gasteiger partial charge in [0, 0.05) is 27.5 Å². The predicted octanol–water partition coefficient (Wildman–Crippen LogP) is 5.59. The van der Waals surface area contributed by atoms with Crippen LogP contribution in [0.2, 0.25) is 10.0 Å². The van der Waals surface area contributed by atoms with Crippen LogP contribution in [0.3, 0.4) is 0 Å². The van der Waals surface area contributed by atoms with E-state index in [1.807, 2.05) is 42.5 Å². The third-order valence-corrected chi connectivity index (χ3v) is 4.23.